The minimum absolute atomic E-state index is 0.235. The molecule has 0 bridgehead atoms. The predicted molar refractivity (Wildman–Crippen MR) is 148 cm³/mol. The molecule has 0 saturated carbocycles. The van der Waals surface area contributed by atoms with Crippen molar-refractivity contribution >= 4 is 50.5 Å². The van der Waals surface area contributed by atoms with Crippen LogP contribution in [0.2, 0.25) is 0 Å². The molecule has 0 radical (unpaired) electrons. The lowest BCUT2D eigenvalue weighted by Gasteiger charge is -2.32. The minimum atomic E-state index is -0.268. The topological polar surface area (TPSA) is 18.5 Å². The third kappa shape index (κ3) is 8.58. The van der Waals surface area contributed by atoms with Gasteiger partial charge in [0.25, 0.3) is 0 Å². The fraction of sp³-hybridized carbons (Fsp3) is 0.692. The van der Waals surface area contributed by atoms with Crippen LogP contribution in [0.15, 0.2) is 26.7 Å². The van der Waals surface area contributed by atoms with Gasteiger partial charge in [0.05, 0.1) is 15.0 Å². The third-order valence-corrected chi connectivity index (χ3v) is 9.18. The van der Waals surface area contributed by atoms with Gasteiger partial charge in [0, 0.05) is 4.78 Å². The summed E-state index contributed by atoms with van der Waals surface area (Å²) in [5, 5.41) is 4.42. The van der Waals surface area contributed by atoms with Crippen molar-refractivity contribution < 1.29 is 9.31 Å². The van der Waals surface area contributed by atoms with E-state index in [-0.39, 0.29) is 18.3 Å². The van der Waals surface area contributed by atoms with Crippen molar-refractivity contribution in [2.24, 2.45) is 0 Å². The van der Waals surface area contributed by atoms with E-state index in [1.54, 1.807) is 22.7 Å². The van der Waals surface area contributed by atoms with Crippen molar-refractivity contribution in [2.45, 2.75) is 117 Å². The van der Waals surface area contributed by atoms with Crippen LogP contribution in [0, 0.1) is 0 Å². The molecule has 2 nitrogen and oxygen atoms in total. The summed E-state index contributed by atoms with van der Waals surface area (Å²) in [5.74, 6) is 0. The molecule has 0 unspecified atom stereocenters. The number of thiophene rings is 2. The molecule has 32 heavy (non-hydrogen) atoms. The molecule has 0 amide bonds. The van der Waals surface area contributed by atoms with Gasteiger partial charge in [-0.05, 0) is 103 Å². The van der Waals surface area contributed by atoms with E-state index in [0.717, 1.165) is 6.42 Å². The lowest BCUT2D eigenvalue weighted by molar-refractivity contribution is 0.00578. The zero-order chi connectivity index (χ0) is 23.6. The molecule has 6 heteroatoms. The first-order valence-corrected chi connectivity index (χ1v) is 14.9. The molecule has 180 valence electrons. The van der Waals surface area contributed by atoms with E-state index >= 15 is 0 Å². The van der Waals surface area contributed by atoms with Gasteiger partial charge in [0.1, 0.15) is 0 Å². The van der Waals surface area contributed by atoms with Crippen LogP contribution in [-0.2, 0) is 22.2 Å². The molecular formula is C26H42BBrO2S2. The van der Waals surface area contributed by atoms with Crippen molar-refractivity contribution in [3.05, 3.63) is 37.8 Å². The maximum atomic E-state index is 6.13. The Morgan fingerprint density at radius 2 is 1.47 bits per heavy atom. The van der Waals surface area contributed by atoms with Crippen LogP contribution in [0.4, 0.5) is 0 Å². The second kappa shape index (κ2) is 13.7. The molecule has 2 aromatic rings. The van der Waals surface area contributed by atoms with Crippen molar-refractivity contribution in [3.8, 4) is 0 Å². The van der Waals surface area contributed by atoms with Crippen LogP contribution in [-0.4, -0.2) is 18.3 Å². The molecule has 0 spiro atoms. The number of halogens is 1. The molecule has 1 fully saturated rings. The number of rotatable bonds is 11. The van der Waals surface area contributed by atoms with Crippen molar-refractivity contribution in [3.63, 3.8) is 0 Å². The lowest BCUT2D eigenvalue weighted by atomic mass is 9.87. The number of hydrogen-bond acceptors (Lipinski definition) is 4. The largest absolute Gasteiger partial charge is 0.505 e. The van der Waals surface area contributed by atoms with Crippen molar-refractivity contribution in [2.75, 3.05) is 0 Å². The van der Waals surface area contributed by atoms with E-state index in [0.29, 0.717) is 0 Å². The highest BCUT2D eigenvalue weighted by Gasteiger charge is 2.52. The van der Waals surface area contributed by atoms with Crippen molar-refractivity contribution in [1.82, 2.24) is 0 Å². The molecule has 0 aromatic carbocycles. The molecule has 0 atom stereocenters. The molecular weight excluding hydrogens is 499 g/mol. The highest BCUT2D eigenvalue weighted by atomic mass is 79.9. The van der Waals surface area contributed by atoms with Crippen LogP contribution in [0.5, 0.6) is 0 Å². The quantitative estimate of drug-likeness (QED) is 0.209. The van der Waals surface area contributed by atoms with Gasteiger partial charge in [-0.2, -0.15) is 11.3 Å². The van der Waals surface area contributed by atoms with Gasteiger partial charge < -0.3 is 9.31 Å². The zero-order valence-electron chi connectivity index (χ0n) is 21.0. The van der Waals surface area contributed by atoms with Gasteiger partial charge in [-0.25, -0.2) is 0 Å². The Balaban J connectivity index is 0.000000278. The van der Waals surface area contributed by atoms with Crippen molar-refractivity contribution in [1.29, 1.82) is 0 Å². The number of aryl methyl sites for hydroxylation is 2. The number of hydrogen-bond donors (Lipinski definition) is 0. The first-order valence-electron chi connectivity index (χ1n) is 12.3. The Morgan fingerprint density at radius 1 is 0.875 bits per heavy atom. The summed E-state index contributed by atoms with van der Waals surface area (Å²) in [5.41, 5.74) is 2.37. The molecule has 1 aliphatic heterocycles. The zero-order valence-corrected chi connectivity index (χ0v) is 24.2. The normalized spacial score (nSPS) is 16.8. The summed E-state index contributed by atoms with van der Waals surface area (Å²) in [6, 6.07) is 4.49. The summed E-state index contributed by atoms with van der Waals surface area (Å²) >= 11 is 7.24. The Hall–Kier alpha value is -0.135. The summed E-state index contributed by atoms with van der Waals surface area (Å²) in [4.78, 5) is 0. The Morgan fingerprint density at radius 3 is 2.00 bits per heavy atom. The molecule has 0 aliphatic carbocycles. The van der Waals surface area contributed by atoms with Crippen LogP contribution in [0.25, 0.3) is 0 Å². The summed E-state index contributed by atoms with van der Waals surface area (Å²) in [6.07, 6.45) is 13.1. The van der Waals surface area contributed by atoms with E-state index in [1.807, 2.05) is 0 Å². The Bertz CT molecular complexity index is 755. The molecule has 3 rings (SSSR count). The third-order valence-electron chi connectivity index (χ3n) is 6.46. The molecule has 2 aromatic heterocycles. The molecule has 0 N–H and O–H groups in total. The lowest BCUT2D eigenvalue weighted by Crippen LogP contribution is -2.41. The van der Waals surface area contributed by atoms with Gasteiger partial charge in [-0.1, -0.05) is 52.4 Å². The molecule has 1 aliphatic rings. The van der Waals surface area contributed by atoms with Gasteiger partial charge in [0.15, 0.2) is 0 Å². The van der Waals surface area contributed by atoms with E-state index in [2.05, 4.69) is 80.4 Å². The number of unbranched alkanes of at least 4 members (excludes halogenated alkanes) is 6. The fourth-order valence-corrected chi connectivity index (χ4v) is 6.08. The molecule has 3 heterocycles. The summed E-state index contributed by atoms with van der Waals surface area (Å²) < 4.78 is 14.7. The highest BCUT2D eigenvalue weighted by Crippen LogP contribution is 2.37. The van der Waals surface area contributed by atoms with Crippen LogP contribution in [0.3, 0.4) is 0 Å². The SMILES string of the molecule is CCCCCCc1cc(B2OC(C)(C)C(C)(C)O2)sc1Br.CCCCCCc1ccsc1. The predicted octanol–water partition coefficient (Wildman–Crippen LogP) is 8.80. The fourth-order valence-electron chi connectivity index (χ4n) is 3.61. The first kappa shape index (κ1) is 28.1. The minimum Gasteiger partial charge on any atom is -0.399 e. The van der Waals surface area contributed by atoms with Crippen LogP contribution >= 0.6 is 38.6 Å². The van der Waals surface area contributed by atoms with E-state index < -0.39 is 0 Å². The van der Waals surface area contributed by atoms with Gasteiger partial charge in [-0.15, -0.1) is 11.3 Å². The van der Waals surface area contributed by atoms with E-state index in [9.17, 15) is 0 Å². The second-order valence-electron chi connectivity index (χ2n) is 9.79. The smallest absolute Gasteiger partial charge is 0.399 e. The van der Waals surface area contributed by atoms with Gasteiger partial charge in [0.2, 0.25) is 0 Å². The maximum absolute atomic E-state index is 6.13. The monoisotopic (exact) mass is 540 g/mol. The first-order chi connectivity index (χ1) is 15.2. The van der Waals surface area contributed by atoms with Gasteiger partial charge >= 0.3 is 7.12 Å². The van der Waals surface area contributed by atoms with Gasteiger partial charge in [-0.3, -0.25) is 0 Å². The summed E-state index contributed by atoms with van der Waals surface area (Å²) in [7, 11) is -0.235. The van der Waals surface area contributed by atoms with E-state index in [1.165, 1.54) is 77.5 Å². The second-order valence-corrected chi connectivity index (χ2v) is 13.0. The standard InChI is InChI=1S/C16H26BBrO2S.C10H16S/c1-6-7-8-9-10-12-11-13(21-14(12)18)17-19-15(2,3)16(4,5)20-17;1-2-3-4-5-6-10-7-8-11-9-10/h11H,6-10H2,1-5H3;7-9H,2-6H2,1H3. The average Bonchev–Trinajstić information content (AvgIpc) is 3.42. The Labute approximate surface area is 213 Å². The summed E-state index contributed by atoms with van der Waals surface area (Å²) in [6.45, 7) is 12.9. The maximum Gasteiger partial charge on any atom is 0.505 e. The van der Waals surface area contributed by atoms with Crippen LogP contribution < -0.4 is 4.78 Å². The highest BCUT2D eigenvalue weighted by molar-refractivity contribution is 9.11. The van der Waals surface area contributed by atoms with E-state index in [4.69, 9.17) is 9.31 Å². The average molecular weight is 541 g/mol. The molecule has 1 saturated heterocycles. The Kier molecular flexibility index (Phi) is 12.0. The van der Waals surface area contributed by atoms with Crippen LogP contribution in [0.1, 0.15) is 104 Å².